The molecular formula is C17H22N8OS. The van der Waals surface area contributed by atoms with Gasteiger partial charge in [-0.25, -0.2) is 14.3 Å². The number of nitrogens with one attached hydrogen (secondary N) is 1. The summed E-state index contributed by atoms with van der Waals surface area (Å²) >= 11 is 1.36. The molecule has 0 saturated heterocycles. The van der Waals surface area contributed by atoms with E-state index in [0.717, 1.165) is 23.9 Å². The maximum Gasteiger partial charge on any atom is 0.234 e. The van der Waals surface area contributed by atoms with Crippen LogP contribution in [0, 0.1) is 0 Å². The van der Waals surface area contributed by atoms with Crippen molar-refractivity contribution in [2.24, 2.45) is 0 Å². The lowest BCUT2D eigenvalue weighted by Crippen LogP contribution is -2.15. The Hall–Kier alpha value is -2.49. The summed E-state index contributed by atoms with van der Waals surface area (Å²) in [6, 6.07) is 2.48. The van der Waals surface area contributed by atoms with E-state index in [9.17, 15) is 4.79 Å². The molecule has 1 N–H and O–H groups in total. The first-order valence-corrected chi connectivity index (χ1v) is 10.1. The molecule has 9 nitrogen and oxygen atoms in total. The maximum absolute atomic E-state index is 12.3. The molecule has 4 rings (SSSR count). The third-order valence-corrected chi connectivity index (χ3v) is 5.61. The zero-order chi connectivity index (χ0) is 18.8. The first-order valence-electron chi connectivity index (χ1n) is 9.15. The summed E-state index contributed by atoms with van der Waals surface area (Å²) in [6.07, 6.45) is 8.04. The molecule has 0 unspecified atom stereocenters. The number of hydrogen-bond donors (Lipinski definition) is 1. The number of nitrogens with zero attached hydrogens (tertiary/aromatic N) is 7. The van der Waals surface area contributed by atoms with Gasteiger partial charge in [0, 0.05) is 11.4 Å². The highest BCUT2D eigenvalue weighted by Gasteiger charge is 2.22. The Morgan fingerprint density at radius 2 is 2.15 bits per heavy atom. The Morgan fingerprint density at radius 3 is 2.93 bits per heavy atom. The lowest BCUT2D eigenvalue weighted by atomic mass is 10.3. The molecule has 1 aliphatic carbocycles. The zero-order valence-electron chi connectivity index (χ0n) is 15.4. The fourth-order valence-corrected chi connectivity index (χ4v) is 4.12. The molecular weight excluding hydrogens is 364 g/mol. The summed E-state index contributed by atoms with van der Waals surface area (Å²) in [5.74, 6) is 0.134. The van der Waals surface area contributed by atoms with E-state index < -0.39 is 0 Å². The quantitative estimate of drug-likeness (QED) is 0.650. The van der Waals surface area contributed by atoms with Crippen LogP contribution in [0.1, 0.15) is 51.6 Å². The lowest BCUT2D eigenvalue weighted by molar-refractivity contribution is -0.113. The van der Waals surface area contributed by atoms with E-state index in [-0.39, 0.29) is 17.7 Å². The van der Waals surface area contributed by atoms with E-state index in [2.05, 4.69) is 44.8 Å². The average Bonchev–Trinajstić information content (AvgIpc) is 3.38. The summed E-state index contributed by atoms with van der Waals surface area (Å²) in [7, 11) is 0. The van der Waals surface area contributed by atoms with Crippen LogP contribution in [0.5, 0.6) is 0 Å². The van der Waals surface area contributed by atoms with Crippen LogP contribution in [0.15, 0.2) is 23.6 Å². The fraction of sp³-hybridized carbons (Fsp3) is 0.529. The molecule has 3 aromatic rings. The zero-order valence-corrected chi connectivity index (χ0v) is 16.2. The molecule has 1 amide bonds. The van der Waals surface area contributed by atoms with E-state index in [0.29, 0.717) is 16.9 Å². The van der Waals surface area contributed by atoms with Crippen LogP contribution in [-0.4, -0.2) is 46.6 Å². The van der Waals surface area contributed by atoms with Crippen molar-refractivity contribution in [1.82, 2.24) is 35.0 Å². The van der Waals surface area contributed by atoms with Gasteiger partial charge in [0.05, 0.1) is 29.9 Å². The molecule has 27 heavy (non-hydrogen) atoms. The maximum atomic E-state index is 12.3. The predicted molar refractivity (Wildman–Crippen MR) is 103 cm³/mol. The van der Waals surface area contributed by atoms with Gasteiger partial charge in [-0.15, -0.1) is 5.10 Å². The van der Waals surface area contributed by atoms with Gasteiger partial charge in [0.1, 0.15) is 0 Å². The Balaban J connectivity index is 1.38. The third kappa shape index (κ3) is 3.80. The number of hydrogen-bond acceptors (Lipinski definition) is 7. The van der Waals surface area contributed by atoms with Gasteiger partial charge in [-0.2, -0.15) is 5.10 Å². The second-order valence-corrected chi connectivity index (χ2v) is 7.94. The smallest absolute Gasteiger partial charge is 0.234 e. The Morgan fingerprint density at radius 1 is 1.33 bits per heavy atom. The number of aromatic nitrogens is 7. The van der Waals surface area contributed by atoms with E-state index in [4.69, 9.17) is 0 Å². The summed E-state index contributed by atoms with van der Waals surface area (Å²) < 4.78 is 3.72. The highest BCUT2D eigenvalue weighted by atomic mass is 32.2. The number of carbonyl (C=O) groups is 1. The molecule has 0 bridgehead atoms. The molecule has 0 aliphatic heterocycles. The average molecular weight is 386 g/mol. The van der Waals surface area contributed by atoms with E-state index in [1.165, 1.54) is 24.6 Å². The van der Waals surface area contributed by atoms with E-state index in [1.807, 2.05) is 15.4 Å². The molecule has 1 saturated carbocycles. The number of anilines is 1. The topological polar surface area (TPSA) is 103 Å². The van der Waals surface area contributed by atoms with Gasteiger partial charge in [-0.1, -0.05) is 24.6 Å². The van der Waals surface area contributed by atoms with Crippen LogP contribution in [0.25, 0.3) is 11.0 Å². The minimum atomic E-state index is -0.113. The first kappa shape index (κ1) is 17.9. The highest BCUT2D eigenvalue weighted by molar-refractivity contribution is 7.99. The van der Waals surface area contributed by atoms with Crippen molar-refractivity contribution in [2.45, 2.75) is 56.8 Å². The molecule has 0 spiro atoms. The Bertz CT molecular complexity index is 943. The van der Waals surface area contributed by atoms with Crippen molar-refractivity contribution in [2.75, 3.05) is 11.1 Å². The summed E-state index contributed by atoms with van der Waals surface area (Å²) in [6.45, 7) is 4.11. The van der Waals surface area contributed by atoms with Crippen LogP contribution in [0.4, 0.5) is 5.69 Å². The van der Waals surface area contributed by atoms with Crippen LogP contribution in [-0.2, 0) is 4.79 Å². The van der Waals surface area contributed by atoms with Gasteiger partial charge in [-0.3, -0.25) is 4.79 Å². The van der Waals surface area contributed by atoms with Gasteiger partial charge >= 0.3 is 0 Å². The van der Waals surface area contributed by atoms with Crippen molar-refractivity contribution >= 4 is 34.4 Å². The standard InChI is InChI=1S/C17H22N8OS/c1-11(2)24-16-12(8-19-24)7-13(9-18-16)20-15(26)10-27-17-21-22-23-25(17)14-5-3-4-6-14/h7-9,11,14H,3-6,10H2,1-2H3,(H,20,26). The van der Waals surface area contributed by atoms with Gasteiger partial charge in [-0.05, 0) is 43.2 Å². The summed E-state index contributed by atoms with van der Waals surface area (Å²) in [4.78, 5) is 16.8. The minimum Gasteiger partial charge on any atom is -0.324 e. The predicted octanol–water partition coefficient (Wildman–Crippen LogP) is 2.84. The molecule has 0 atom stereocenters. The molecule has 10 heteroatoms. The summed E-state index contributed by atoms with van der Waals surface area (Å²) in [5, 5.41) is 20.8. The van der Waals surface area contributed by atoms with Crippen molar-refractivity contribution in [1.29, 1.82) is 0 Å². The SMILES string of the molecule is CC(C)n1ncc2cc(NC(=O)CSc3nnnn3C3CCCC3)cnc21. The van der Waals surface area contributed by atoms with E-state index >= 15 is 0 Å². The Kier molecular flexibility index (Phi) is 5.06. The molecule has 142 valence electrons. The van der Waals surface area contributed by atoms with Crippen molar-refractivity contribution in [3.05, 3.63) is 18.5 Å². The number of thioether (sulfide) groups is 1. The largest absolute Gasteiger partial charge is 0.324 e. The number of rotatable bonds is 6. The molecule has 0 radical (unpaired) electrons. The number of tetrazole rings is 1. The first-order chi connectivity index (χ1) is 13.1. The monoisotopic (exact) mass is 386 g/mol. The van der Waals surface area contributed by atoms with Crippen LogP contribution < -0.4 is 5.32 Å². The molecule has 0 aromatic carbocycles. The van der Waals surface area contributed by atoms with Crippen LogP contribution in [0.2, 0.25) is 0 Å². The second-order valence-electron chi connectivity index (χ2n) is 7.00. The van der Waals surface area contributed by atoms with Gasteiger partial charge in [0.2, 0.25) is 11.1 Å². The molecule has 1 aliphatic rings. The van der Waals surface area contributed by atoms with Gasteiger partial charge in [0.25, 0.3) is 0 Å². The fourth-order valence-electron chi connectivity index (χ4n) is 3.37. The number of carbonyl (C=O) groups excluding carboxylic acids is 1. The summed E-state index contributed by atoms with van der Waals surface area (Å²) in [5.41, 5.74) is 1.47. The van der Waals surface area contributed by atoms with Gasteiger partial charge in [0.15, 0.2) is 5.65 Å². The van der Waals surface area contributed by atoms with Crippen LogP contribution >= 0.6 is 11.8 Å². The minimum absolute atomic E-state index is 0.113. The van der Waals surface area contributed by atoms with Gasteiger partial charge < -0.3 is 5.32 Å². The number of pyridine rings is 1. The highest BCUT2D eigenvalue weighted by Crippen LogP contribution is 2.31. The number of fused-ring (bicyclic) bond motifs is 1. The number of amides is 1. The Labute approximate surface area is 160 Å². The van der Waals surface area contributed by atoms with Crippen molar-refractivity contribution in [3.63, 3.8) is 0 Å². The van der Waals surface area contributed by atoms with Crippen molar-refractivity contribution < 1.29 is 4.79 Å². The second kappa shape index (κ2) is 7.63. The van der Waals surface area contributed by atoms with Crippen LogP contribution in [0.3, 0.4) is 0 Å². The molecule has 3 heterocycles. The van der Waals surface area contributed by atoms with Crippen molar-refractivity contribution in [3.8, 4) is 0 Å². The molecule has 1 fully saturated rings. The third-order valence-electron chi connectivity index (χ3n) is 4.67. The molecule has 3 aromatic heterocycles. The lowest BCUT2D eigenvalue weighted by Gasteiger charge is -2.10. The normalized spacial score (nSPS) is 15.1. The van der Waals surface area contributed by atoms with E-state index in [1.54, 1.807) is 12.4 Å².